The summed E-state index contributed by atoms with van der Waals surface area (Å²) in [6.45, 7) is 5.55. The number of hydrogen-bond acceptors (Lipinski definition) is 2. The van der Waals surface area contributed by atoms with Crippen molar-refractivity contribution in [1.29, 1.82) is 0 Å². The van der Waals surface area contributed by atoms with Gasteiger partial charge in [-0.2, -0.15) is 0 Å². The Kier molecular flexibility index (Phi) is 4.39. The van der Waals surface area contributed by atoms with Crippen molar-refractivity contribution in [3.8, 4) is 0 Å². The first-order valence-corrected chi connectivity index (χ1v) is 5.59. The molecule has 1 aliphatic rings. The van der Waals surface area contributed by atoms with Crippen molar-refractivity contribution < 1.29 is 9.90 Å². The molecule has 1 fully saturated rings. The van der Waals surface area contributed by atoms with Crippen LogP contribution in [0.3, 0.4) is 0 Å². The van der Waals surface area contributed by atoms with Crippen molar-refractivity contribution in [3.63, 3.8) is 0 Å². The molecule has 0 aliphatic heterocycles. The third-order valence-corrected chi connectivity index (χ3v) is 2.73. The number of aliphatic carboxylic acids is 1. The first-order valence-electron chi connectivity index (χ1n) is 5.59. The molecule has 14 heavy (non-hydrogen) atoms. The summed E-state index contributed by atoms with van der Waals surface area (Å²) < 4.78 is 0. The molecular weight excluding hydrogens is 178 g/mol. The van der Waals surface area contributed by atoms with E-state index in [4.69, 9.17) is 5.11 Å². The average Bonchev–Trinajstić information content (AvgIpc) is 2.84. The summed E-state index contributed by atoms with van der Waals surface area (Å²) in [6, 6.07) is 0.561. The van der Waals surface area contributed by atoms with Crippen LogP contribution in [0.2, 0.25) is 0 Å². The lowest BCUT2D eigenvalue weighted by molar-refractivity contribution is -0.138. The van der Waals surface area contributed by atoms with Gasteiger partial charge in [0.1, 0.15) is 0 Å². The number of rotatable bonds is 7. The highest BCUT2D eigenvalue weighted by Crippen LogP contribution is 2.27. The molecule has 1 saturated carbocycles. The van der Waals surface area contributed by atoms with Crippen molar-refractivity contribution in [2.45, 2.75) is 45.6 Å². The van der Waals surface area contributed by atoms with Gasteiger partial charge in [-0.05, 0) is 25.2 Å². The summed E-state index contributed by atoms with van der Waals surface area (Å²) in [5.74, 6) is -0.0689. The minimum atomic E-state index is -0.694. The third kappa shape index (κ3) is 4.09. The van der Waals surface area contributed by atoms with Crippen molar-refractivity contribution in [2.24, 2.45) is 5.92 Å². The van der Waals surface area contributed by atoms with Gasteiger partial charge in [-0.15, -0.1) is 0 Å². The molecule has 82 valence electrons. The molecule has 1 unspecified atom stereocenters. The summed E-state index contributed by atoms with van der Waals surface area (Å²) in [4.78, 5) is 12.8. The summed E-state index contributed by atoms with van der Waals surface area (Å²) in [5.41, 5.74) is 0. The standard InChI is InChI=1S/C11H21NO2/c1-3-4-9(2)7-12(8-11(13)14)10-5-6-10/h9-10H,3-8H2,1-2H3,(H,13,14). The summed E-state index contributed by atoms with van der Waals surface area (Å²) in [6.07, 6.45) is 4.76. The van der Waals surface area contributed by atoms with Crippen LogP contribution < -0.4 is 0 Å². The molecule has 1 rings (SSSR count). The second-order valence-electron chi connectivity index (χ2n) is 4.45. The fraction of sp³-hybridized carbons (Fsp3) is 0.909. The Morgan fingerprint density at radius 3 is 2.64 bits per heavy atom. The molecule has 1 aliphatic carbocycles. The van der Waals surface area contributed by atoms with E-state index in [1.54, 1.807) is 0 Å². The largest absolute Gasteiger partial charge is 0.480 e. The molecule has 0 spiro atoms. The van der Waals surface area contributed by atoms with Crippen LogP contribution in [0.5, 0.6) is 0 Å². The van der Waals surface area contributed by atoms with E-state index in [2.05, 4.69) is 18.7 Å². The first kappa shape index (κ1) is 11.5. The number of carboxylic acid groups (broad SMARTS) is 1. The van der Waals surface area contributed by atoms with Crippen LogP contribution in [0.25, 0.3) is 0 Å². The second-order valence-corrected chi connectivity index (χ2v) is 4.45. The Hall–Kier alpha value is -0.570. The molecule has 0 aromatic carbocycles. The van der Waals surface area contributed by atoms with Crippen molar-refractivity contribution in [1.82, 2.24) is 4.90 Å². The van der Waals surface area contributed by atoms with Crippen LogP contribution >= 0.6 is 0 Å². The van der Waals surface area contributed by atoms with Crippen molar-refractivity contribution >= 4 is 5.97 Å². The number of nitrogens with zero attached hydrogens (tertiary/aromatic N) is 1. The molecule has 3 heteroatoms. The molecule has 0 radical (unpaired) electrons. The highest BCUT2D eigenvalue weighted by Gasteiger charge is 2.30. The Labute approximate surface area is 86.1 Å². The molecule has 0 heterocycles. The first-order chi connectivity index (χ1) is 6.63. The Bertz CT molecular complexity index is 190. The van der Waals surface area contributed by atoms with E-state index >= 15 is 0 Å². The van der Waals surface area contributed by atoms with Crippen molar-refractivity contribution in [3.05, 3.63) is 0 Å². The van der Waals surface area contributed by atoms with Crippen LogP contribution in [0.1, 0.15) is 39.5 Å². The monoisotopic (exact) mass is 199 g/mol. The van der Waals surface area contributed by atoms with E-state index in [0.29, 0.717) is 12.0 Å². The van der Waals surface area contributed by atoms with Crippen LogP contribution in [-0.4, -0.2) is 35.1 Å². The fourth-order valence-electron chi connectivity index (χ4n) is 1.94. The SMILES string of the molecule is CCCC(C)CN(CC(=O)O)C1CC1. The van der Waals surface area contributed by atoms with Gasteiger partial charge in [-0.3, -0.25) is 9.69 Å². The normalized spacial score (nSPS) is 18.5. The topological polar surface area (TPSA) is 40.5 Å². The van der Waals surface area contributed by atoms with Crippen LogP contribution in [-0.2, 0) is 4.79 Å². The number of carbonyl (C=O) groups is 1. The molecule has 0 aromatic heterocycles. The predicted octanol–water partition coefficient (Wildman–Crippen LogP) is 1.97. The zero-order valence-corrected chi connectivity index (χ0v) is 9.20. The minimum Gasteiger partial charge on any atom is -0.480 e. The van der Waals surface area contributed by atoms with Gasteiger partial charge in [0.25, 0.3) is 0 Å². The Morgan fingerprint density at radius 2 is 2.21 bits per heavy atom. The van der Waals surface area contributed by atoms with Gasteiger partial charge in [0, 0.05) is 12.6 Å². The Morgan fingerprint density at radius 1 is 1.57 bits per heavy atom. The van der Waals surface area contributed by atoms with Gasteiger partial charge in [0.2, 0.25) is 0 Å². The second kappa shape index (κ2) is 5.35. The van der Waals surface area contributed by atoms with Gasteiger partial charge in [-0.25, -0.2) is 0 Å². The third-order valence-electron chi connectivity index (χ3n) is 2.73. The van der Waals surface area contributed by atoms with E-state index in [-0.39, 0.29) is 6.54 Å². The summed E-state index contributed by atoms with van der Waals surface area (Å²) in [5, 5.41) is 8.76. The lowest BCUT2D eigenvalue weighted by atomic mass is 10.1. The van der Waals surface area contributed by atoms with Gasteiger partial charge in [0.15, 0.2) is 0 Å². The van der Waals surface area contributed by atoms with Crippen LogP contribution in [0.4, 0.5) is 0 Å². The summed E-state index contributed by atoms with van der Waals surface area (Å²) >= 11 is 0. The maximum absolute atomic E-state index is 10.6. The zero-order chi connectivity index (χ0) is 10.6. The Balaban J connectivity index is 2.30. The minimum absolute atomic E-state index is 0.221. The molecule has 1 atom stereocenters. The van der Waals surface area contributed by atoms with Crippen LogP contribution in [0.15, 0.2) is 0 Å². The molecule has 3 nitrogen and oxygen atoms in total. The number of carboxylic acids is 1. The average molecular weight is 199 g/mol. The highest BCUT2D eigenvalue weighted by molar-refractivity contribution is 5.69. The van der Waals surface area contributed by atoms with E-state index in [0.717, 1.165) is 6.54 Å². The quantitative estimate of drug-likeness (QED) is 0.681. The highest BCUT2D eigenvalue weighted by atomic mass is 16.4. The lowest BCUT2D eigenvalue weighted by Gasteiger charge is -2.23. The van der Waals surface area contributed by atoms with E-state index in [1.807, 2.05) is 0 Å². The molecule has 1 N–H and O–H groups in total. The maximum Gasteiger partial charge on any atom is 0.317 e. The van der Waals surface area contributed by atoms with E-state index < -0.39 is 5.97 Å². The smallest absolute Gasteiger partial charge is 0.317 e. The van der Waals surface area contributed by atoms with Gasteiger partial charge in [-0.1, -0.05) is 20.3 Å². The molecule has 0 saturated heterocycles. The zero-order valence-electron chi connectivity index (χ0n) is 9.20. The van der Waals surface area contributed by atoms with E-state index in [1.165, 1.54) is 25.7 Å². The van der Waals surface area contributed by atoms with Crippen molar-refractivity contribution in [2.75, 3.05) is 13.1 Å². The maximum atomic E-state index is 10.6. The molecule has 0 amide bonds. The predicted molar refractivity (Wildman–Crippen MR) is 56.3 cm³/mol. The van der Waals surface area contributed by atoms with Crippen LogP contribution in [0, 0.1) is 5.92 Å². The molecule has 0 aromatic rings. The molecular formula is C11H21NO2. The lowest BCUT2D eigenvalue weighted by Crippen LogP contribution is -2.35. The van der Waals surface area contributed by atoms with Gasteiger partial charge >= 0.3 is 5.97 Å². The summed E-state index contributed by atoms with van der Waals surface area (Å²) in [7, 11) is 0. The fourth-order valence-corrected chi connectivity index (χ4v) is 1.94. The number of hydrogen-bond donors (Lipinski definition) is 1. The van der Waals surface area contributed by atoms with Gasteiger partial charge < -0.3 is 5.11 Å². The van der Waals surface area contributed by atoms with Gasteiger partial charge in [0.05, 0.1) is 6.54 Å². The van der Waals surface area contributed by atoms with E-state index in [9.17, 15) is 4.79 Å². The molecule has 0 bridgehead atoms.